The molecule has 0 fully saturated rings. The van der Waals surface area contributed by atoms with Crippen molar-refractivity contribution in [3.63, 3.8) is 0 Å². The van der Waals surface area contributed by atoms with Crippen LogP contribution in [0.3, 0.4) is 0 Å². The molecule has 9 nitrogen and oxygen atoms in total. The van der Waals surface area contributed by atoms with Crippen LogP contribution in [0.4, 0.5) is 5.82 Å². The summed E-state index contributed by atoms with van der Waals surface area (Å²) in [6.07, 6.45) is 31.3. The summed E-state index contributed by atoms with van der Waals surface area (Å²) in [5, 5.41) is 0. The molecular weight excluding hydrogens is 538 g/mol. The van der Waals surface area contributed by atoms with E-state index in [4.69, 9.17) is 5.73 Å². The summed E-state index contributed by atoms with van der Waals surface area (Å²) in [5.74, 6) is 0.465. The lowest BCUT2D eigenvalue weighted by atomic mass is 10.1. The average Bonchev–Trinajstić information content (AvgIpc) is 3.42. The number of hydrogen-bond acceptors (Lipinski definition) is 6. The van der Waals surface area contributed by atoms with Crippen LogP contribution in [-0.2, 0) is 13.1 Å². The van der Waals surface area contributed by atoms with E-state index in [1.54, 1.807) is 17.7 Å². The van der Waals surface area contributed by atoms with Gasteiger partial charge < -0.3 is 14.9 Å². The second-order valence-corrected chi connectivity index (χ2v) is 12.0. The Balaban J connectivity index is 0.000000301. The summed E-state index contributed by atoms with van der Waals surface area (Å²) < 4.78 is 3.69. The predicted octanol–water partition coefficient (Wildman–Crippen LogP) is 8.10. The molecule has 3 rings (SSSR count). The monoisotopic (exact) mass is 597 g/mol. The first-order chi connectivity index (χ1) is 21.0. The van der Waals surface area contributed by atoms with Crippen LogP contribution in [0.2, 0.25) is 0 Å². The first kappa shape index (κ1) is 36.2. The summed E-state index contributed by atoms with van der Waals surface area (Å²) >= 11 is 0. The fourth-order valence-corrected chi connectivity index (χ4v) is 5.39. The van der Waals surface area contributed by atoms with Crippen LogP contribution in [0.25, 0.3) is 11.2 Å². The third-order valence-electron chi connectivity index (χ3n) is 8.12. The van der Waals surface area contributed by atoms with E-state index >= 15 is 0 Å². The molecule has 0 spiro atoms. The van der Waals surface area contributed by atoms with E-state index in [0.29, 0.717) is 17.9 Å². The lowest BCUT2D eigenvalue weighted by Crippen LogP contribution is -2.30. The van der Waals surface area contributed by atoms with Gasteiger partial charge in [0.1, 0.15) is 11.8 Å². The van der Waals surface area contributed by atoms with Gasteiger partial charge in [-0.1, -0.05) is 129 Å². The fraction of sp³-hybridized carbons (Fsp3) is 0.735. The molecular formula is C34H59N7O2. The predicted molar refractivity (Wildman–Crippen MR) is 179 cm³/mol. The number of H-pyrrole nitrogens is 1. The van der Waals surface area contributed by atoms with Crippen molar-refractivity contribution in [3.05, 3.63) is 45.3 Å². The van der Waals surface area contributed by atoms with Gasteiger partial charge in [0.25, 0.3) is 5.56 Å². The van der Waals surface area contributed by atoms with Crippen molar-refractivity contribution in [1.82, 2.24) is 29.1 Å². The van der Waals surface area contributed by atoms with Crippen molar-refractivity contribution in [2.45, 2.75) is 162 Å². The fourth-order valence-electron chi connectivity index (χ4n) is 5.39. The largest absolute Gasteiger partial charge is 0.382 e. The molecule has 0 unspecified atom stereocenters. The Labute approximate surface area is 259 Å². The molecule has 0 aliphatic heterocycles. The summed E-state index contributed by atoms with van der Waals surface area (Å²) in [7, 11) is 0. The molecule has 0 atom stereocenters. The highest BCUT2D eigenvalue weighted by molar-refractivity contribution is 5.81. The second-order valence-electron chi connectivity index (χ2n) is 12.0. The minimum Gasteiger partial charge on any atom is -0.382 e. The number of imidazole rings is 1. The van der Waals surface area contributed by atoms with Crippen LogP contribution in [0.15, 0.2) is 28.4 Å². The maximum absolute atomic E-state index is 11.6. The maximum atomic E-state index is 11.6. The van der Waals surface area contributed by atoms with E-state index in [9.17, 15) is 9.59 Å². The number of aryl methyl sites for hydroxylation is 3. The molecule has 0 bridgehead atoms. The number of aromatic amines is 1. The van der Waals surface area contributed by atoms with E-state index in [1.165, 1.54) is 122 Å². The Morgan fingerprint density at radius 2 is 1.12 bits per heavy atom. The van der Waals surface area contributed by atoms with Gasteiger partial charge in [-0.25, -0.2) is 19.7 Å². The maximum Gasteiger partial charge on any atom is 0.328 e. The molecule has 0 saturated heterocycles. The molecule has 0 aromatic carbocycles. The van der Waals surface area contributed by atoms with E-state index in [1.807, 2.05) is 6.33 Å². The Hall–Kier alpha value is -2.97. The second kappa shape index (κ2) is 22.6. The minimum atomic E-state index is -0.290. The molecule has 242 valence electrons. The zero-order chi connectivity index (χ0) is 31.1. The Bertz CT molecular complexity index is 1250. The van der Waals surface area contributed by atoms with Gasteiger partial charge in [-0.3, -0.25) is 9.78 Å². The molecule has 0 aliphatic carbocycles. The van der Waals surface area contributed by atoms with Crippen molar-refractivity contribution >= 4 is 17.0 Å². The molecule has 43 heavy (non-hydrogen) atoms. The minimum absolute atomic E-state index is 0.278. The zero-order valence-electron chi connectivity index (χ0n) is 27.4. The lowest BCUT2D eigenvalue weighted by Gasteiger charge is -2.06. The Morgan fingerprint density at radius 1 is 0.651 bits per heavy atom. The van der Waals surface area contributed by atoms with E-state index in [-0.39, 0.29) is 11.2 Å². The summed E-state index contributed by atoms with van der Waals surface area (Å²) in [5.41, 5.74) is 7.39. The van der Waals surface area contributed by atoms with Crippen LogP contribution in [0.1, 0.15) is 148 Å². The smallest absolute Gasteiger partial charge is 0.328 e. The number of fused-ring (bicyclic) bond motifs is 1. The van der Waals surface area contributed by atoms with Crippen molar-refractivity contribution in [2.24, 2.45) is 0 Å². The van der Waals surface area contributed by atoms with Gasteiger partial charge in [-0.05, 0) is 19.8 Å². The molecule has 3 aromatic heterocycles. The number of nitrogens with zero attached hydrogens (tertiary/aromatic N) is 5. The first-order valence-corrected chi connectivity index (χ1v) is 17.2. The van der Waals surface area contributed by atoms with Crippen LogP contribution in [-0.4, -0.2) is 29.1 Å². The van der Waals surface area contributed by atoms with Crippen LogP contribution in [0.5, 0.6) is 0 Å². The quantitative estimate of drug-likeness (QED) is 0.113. The number of rotatable bonds is 22. The van der Waals surface area contributed by atoms with Gasteiger partial charge in [0, 0.05) is 24.8 Å². The number of hydrogen-bond donors (Lipinski definition) is 2. The van der Waals surface area contributed by atoms with Gasteiger partial charge in [0.15, 0.2) is 11.5 Å². The highest BCUT2D eigenvalue weighted by Gasteiger charge is 2.07. The highest BCUT2D eigenvalue weighted by atomic mass is 16.2. The summed E-state index contributed by atoms with van der Waals surface area (Å²) in [6.45, 7) is 7.91. The Kier molecular flexibility index (Phi) is 19.0. The highest BCUT2D eigenvalue weighted by Crippen LogP contribution is 2.16. The number of anilines is 1. The van der Waals surface area contributed by atoms with Gasteiger partial charge in [0.2, 0.25) is 0 Å². The van der Waals surface area contributed by atoms with Crippen molar-refractivity contribution in [3.8, 4) is 0 Å². The normalized spacial score (nSPS) is 11.1. The van der Waals surface area contributed by atoms with Crippen LogP contribution in [0, 0.1) is 6.92 Å². The van der Waals surface area contributed by atoms with Crippen molar-refractivity contribution < 1.29 is 0 Å². The molecule has 3 N–H and O–H groups in total. The van der Waals surface area contributed by atoms with Gasteiger partial charge in [0.05, 0.1) is 6.33 Å². The lowest BCUT2D eigenvalue weighted by molar-refractivity contribution is 0.525. The molecule has 0 radical (unpaired) electrons. The number of nitrogen functional groups attached to an aromatic ring is 1. The molecule has 9 heteroatoms. The summed E-state index contributed by atoms with van der Waals surface area (Å²) in [4.78, 5) is 37.7. The molecule has 0 aliphatic rings. The SMILES string of the molecule is CCCCCCCCCCCCn1cc(C)c(=O)[nH]c1=O.CCCCCCCCCCCCn1cnc2c(N)ncnc21. The third kappa shape index (κ3) is 14.9. The van der Waals surface area contributed by atoms with Crippen LogP contribution < -0.4 is 17.0 Å². The van der Waals surface area contributed by atoms with Gasteiger partial charge in [-0.15, -0.1) is 0 Å². The van der Waals surface area contributed by atoms with Gasteiger partial charge >= 0.3 is 5.69 Å². The molecule has 0 saturated carbocycles. The first-order valence-electron chi connectivity index (χ1n) is 17.2. The van der Waals surface area contributed by atoms with Crippen LogP contribution >= 0.6 is 0 Å². The Morgan fingerprint density at radius 3 is 1.63 bits per heavy atom. The standard InChI is InChI=1S/C17H29N5.C17H30N2O2/c1-2-3-4-5-6-7-8-9-10-11-12-22-14-21-15-16(18)19-13-20-17(15)22;1-3-4-5-6-7-8-9-10-11-12-13-19-14-15(2)16(20)18-17(19)21/h13-14H,2-12H2,1H3,(H2,18,19,20);14H,3-13H2,1-2H3,(H,18,20,21). The van der Waals surface area contributed by atoms with E-state index in [2.05, 4.69) is 38.4 Å². The number of nitrogens with one attached hydrogen (secondary N) is 1. The number of nitrogens with two attached hydrogens (primary N) is 1. The van der Waals surface area contributed by atoms with Crippen molar-refractivity contribution in [2.75, 3.05) is 5.73 Å². The topological polar surface area (TPSA) is 124 Å². The molecule has 0 amide bonds. The molecule has 3 heterocycles. The van der Waals surface area contributed by atoms with E-state index in [0.717, 1.165) is 30.6 Å². The number of aromatic nitrogens is 6. The zero-order valence-corrected chi connectivity index (χ0v) is 27.4. The molecule has 3 aromatic rings. The third-order valence-corrected chi connectivity index (χ3v) is 8.12. The average molecular weight is 598 g/mol. The van der Waals surface area contributed by atoms with E-state index < -0.39 is 0 Å². The van der Waals surface area contributed by atoms with Gasteiger partial charge in [-0.2, -0.15) is 0 Å². The van der Waals surface area contributed by atoms with Crippen molar-refractivity contribution in [1.29, 1.82) is 0 Å². The number of unbranched alkanes of at least 4 members (excludes halogenated alkanes) is 18. The summed E-state index contributed by atoms with van der Waals surface area (Å²) in [6, 6.07) is 0.